The molecule has 0 saturated carbocycles. The molecule has 0 aliphatic carbocycles. The largest absolute Gasteiger partial charge is 0.422 e. The van der Waals surface area contributed by atoms with Crippen molar-refractivity contribution in [3.63, 3.8) is 0 Å². The molecule has 0 fully saturated rings. The maximum absolute atomic E-state index is 12.9. The summed E-state index contributed by atoms with van der Waals surface area (Å²) in [5.74, 6) is -0.556. The molecule has 0 bridgehead atoms. The highest BCUT2D eigenvalue weighted by molar-refractivity contribution is 7.91. The summed E-state index contributed by atoms with van der Waals surface area (Å²) >= 11 is 0. The number of sulfone groups is 1. The Kier molecular flexibility index (Phi) is 3.10. The molecule has 3 rings (SSSR count). The average molecular weight is 304 g/mol. The van der Waals surface area contributed by atoms with Crippen LogP contribution in [0.5, 0.6) is 0 Å². The second-order valence-electron chi connectivity index (χ2n) is 4.39. The molecule has 4 nitrogen and oxygen atoms in total. The second-order valence-corrected chi connectivity index (χ2v) is 6.31. The lowest BCUT2D eigenvalue weighted by Crippen LogP contribution is -2.14. The van der Waals surface area contributed by atoms with Crippen molar-refractivity contribution in [2.24, 2.45) is 0 Å². The Morgan fingerprint density at radius 2 is 1.62 bits per heavy atom. The summed E-state index contributed by atoms with van der Waals surface area (Å²) in [5.41, 5.74) is -0.640. The van der Waals surface area contributed by atoms with E-state index in [1.807, 2.05) is 0 Å². The van der Waals surface area contributed by atoms with Crippen LogP contribution in [0.4, 0.5) is 4.39 Å². The molecule has 6 heteroatoms. The molecule has 0 unspecified atom stereocenters. The van der Waals surface area contributed by atoms with E-state index < -0.39 is 26.2 Å². The minimum absolute atomic E-state index is 0.161. The maximum Gasteiger partial charge on any atom is 0.355 e. The molecule has 0 radical (unpaired) electrons. The minimum atomic E-state index is -4.05. The highest BCUT2D eigenvalue weighted by atomic mass is 32.2. The summed E-state index contributed by atoms with van der Waals surface area (Å²) in [4.78, 5) is 11.3. The quantitative estimate of drug-likeness (QED) is 0.539. The number of benzene rings is 2. The predicted molar refractivity (Wildman–Crippen MR) is 74.3 cm³/mol. The van der Waals surface area contributed by atoms with E-state index in [1.165, 1.54) is 6.07 Å². The van der Waals surface area contributed by atoms with Gasteiger partial charge in [-0.25, -0.2) is 17.6 Å². The van der Waals surface area contributed by atoms with Crippen molar-refractivity contribution >= 4 is 20.8 Å². The Morgan fingerprint density at radius 1 is 0.952 bits per heavy atom. The molecule has 21 heavy (non-hydrogen) atoms. The summed E-state index contributed by atoms with van der Waals surface area (Å²) in [7, 11) is -4.05. The topological polar surface area (TPSA) is 64.3 Å². The van der Waals surface area contributed by atoms with Crippen molar-refractivity contribution in [2.75, 3.05) is 0 Å². The van der Waals surface area contributed by atoms with Crippen molar-refractivity contribution < 1.29 is 17.2 Å². The fraction of sp³-hybridized carbons (Fsp3) is 0. The fourth-order valence-corrected chi connectivity index (χ4v) is 3.26. The zero-order valence-electron chi connectivity index (χ0n) is 10.6. The van der Waals surface area contributed by atoms with Gasteiger partial charge in [0.05, 0.1) is 4.90 Å². The molecule has 0 amide bonds. The molecule has 0 atom stereocenters. The van der Waals surface area contributed by atoms with Gasteiger partial charge in [0.15, 0.2) is 4.90 Å². The van der Waals surface area contributed by atoms with E-state index in [1.54, 1.807) is 24.3 Å². The molecule has 0 N–H and O–H groups in total. The van der Waals surface area contributed by atoms with Crippen LogP contribution in [0.15, 0.2) is 73.6 Å². The Bertz CT molecular complexity index is 972. The highest BCUT2D eigenvalue weighted by Gasteiger charge is 2.23. The number of rotatable bonds is 2. The zero-order valence-corrected chi connectivity index (χ0v) is 11.4. The van der Waals surface area contributed by atoms with E-state index in [9.17, 15) is 17.6 Å². The maximum atomic E-state index is 12.9. The van der Waals surface area contributed by atoms with E-state index in [0.717, 1.165) is 24.3 Å². The summed E-state index contributed by atoms with van der Waals surface area (Å²) in [5, 5.41) is 0.498. The van der Waals surface area contributed by atoms with E-state index in [-0.39, 0.29) is 4.90 Å². The number of hydrogen-bond donors (Lipinski definition) is 0. The minimum Gasteiger partial charge on any atom is -0.422 e. The molecule has 2 aromatic carbocycles. The van der Waals surface area contributed by atoms with Crippen LogP contribution >= 0.6 is 0 Å². The third-order valence-corrected chi connectivity index (χ3v) is 4.78. The molecule has 0 aliphatic heterocycles. The van der Waals surface area contributed by atoms with Gasteiger partial charge < -0.3 is 4.42 Å². The van der Waals surface area contributed by atoms with Gasteiger partial charge in [0.2, 0.25) is 9.84 Å². The first kappa shape index (κ1) is 13.5. The van der Waals surface area contributed by atoms with Gasteiger partial charge in [-0.15, -0.1) is 0 Å². The Labute approximate surface area is 119 Å². The molecule has 1 heterocycles. The van der Waals surface area contributed by atoms with Crippen molar-refractivity contribution in [3.05, 3.63) is 70.8 Å². The van der Waals surface area contributed by atoms with Crippen LogP contribution in [0, 0.1) is 5.82 Å². The first-order chi connectivity index (χ1) is 9.98. The van der Waals surface area contributed by atoms with Gasteiger partial charge >= 0.3 is 5.63 Å². The average Bonchev–Trinajstić information content (AvgIpc) is 2.47. The van der Waals surface area contributed by atoms with Crippen LogP contribution in [0.3, 0.4) is 0 Å². The van der Waals surface area contributed by atoms with Gasteiger partial charge in [0.1, 0.15) is 11.4 Å². The van der Waals surface area contributed by atoms with Gasteiger partial charge in [-0.2, -0.15) is 0 Å². The molecule has 3 aromatic rings. The van der Waals surface area contributed by atoms with Crippen LogP contribution in [0.2, 0.25) is 0 Å². The highest BCUT2D eigenvalue weighted by Crippen LogP contribution is 2.21. The first-order valence-corrected chi connectivity index (χ1v) is 7.50. The SMILES string of the molecule is O=c1oc2ccccc2cc1S(=O)(=O)c1ccc(F)cc1. The van der Waals surface area contributed by atoms with E-state index in [4.69, 9.17) is 4.42 Å². The Morgan fingerprint density at radius 3 is 2.33 bits per heavy atom. The summed E-state index contributed by atoms with van der Waals surface area (Å²) < 4.78 is 42.8. The standard InChI is InChI=1S/C15H9FO4S/c16-11-5-7-12(8-6-11)21(18,19)14-9-10-3-1-2-4-13(10)20-15(14)17/h1-9H. The van der Waals surface area contributed by atoms with Gasteiger partial charge in [-0.3, -0.25) is 0 Å². The van der Waals surface area contributed by atoms with Gasteiger partial charge in [-0.1, -0.05) is 18.2 Å². The second kappa shape index (κ2) is 4.82. The van der Waals surface area contributed by atoms with Crippen molar-refractivity contribution in [3.8, 4) is 0 Å². The lowest BCUT2D eigenvalue weighted by atomic mass is 10.2. The van der Waals surface area contributed by atoms with Crippen LogP contribution < -0.4 is 5.63 Å². The number of para-hydroxylation sites is 1. The third-order valence-electron chi connectivity index (χ3n) is 3.02. The van der Waals surface area contributed by atoms with Crippen molar-refractivity contribution in [1.29, 1.82) is 0 Å². The smallest absolute Gasteiger partial charge is 0.355 e. The number of halogens is 1. The van der Waals surface area contributed by atoms with Crippen molar-refractivity contribution in [2.45, 2.75) is 9.79 Å². The summed E-state index contributed by atoms with van der Waals surface area (Å²) in [6, 6.07) is 12.1. The van der Waals surface area contributed by atoms with E-state index in [2.05, 4.69) is 0 Å². The summed E-state index contributed by atoms with van der Waals surface area (Å²) in [6.07, 6.45) is 0. The molecule has 0 spiro atoms. The van der Waals surface area contributed by atoms with Crippen LogP contribution in [-0.2, 0) is 9.84 Å². The van der Waals surface area contributed by atoms with Crippen molar-refractivity contribution in [1.82, 2.24) is 0 Å². The van der Waals surface area contributed by atoms with Crippen LogP contribution in [-0.4, -0.2) is 8.42 Å². The monoisotopic (exact) mass is 304 g/mol. The molecule has 0 saturated heterocycles. The lowest BCUT2D eigenvalue weighted by Gasteiger charge is -2.04. The van der Waals surface area contributed by atoms with Gasteiger partial charge in [0.25, 0.3) is 0 Å². The van der Waals surface area contributed by atoms with Crippen LogP contribution in [0.25, 0.3) is 11.0 Å². The molecule has 1 aromatic heterocycles. The molecular formula is C15H9FO4S. The van der Waals surface area contributed by atoms with E-state index >= 15 is 0 Å². The Hall–Kier alpha value is -2.47. The molecule has 106 valence electrons. The predicted octanol–water partition coefficient (Wildman–Crippen LogP) is 2.76. The third kappa shape index (κ3) is 2.34. The van der Waals surface area contributed by atoms with Gasteiger partial charge in [0, 0.05) is 5.39 Å². The molecular weight excluding hydrogens is 295 g/mol. The first-order valence-electron chi connectivity index (χ1n) is 6.02. The normalized spacial score (nSPS) is 11.7. The van der Waals surface area contributed by atoms with E-state index in [0.29, 0.717) is 11.0 Å². The lowest BCUT2D eigenvalue weighted by molar-refractivity contribution is 0.532. The van der Waals surface area contributed by atoms with Gasteiger partial charge in [-0.05, 0) is 36.4 Å². The fourth-order valence-electron chi connectivity index (χ4n) is 1.97. The number of fused-ring (bicyclic) bond motifs is 1. The zero-order chi connectivity index (χ0) is 15.0. The van der Waals surface area contributed by atoms with Crippen LogP contribution in [0.1, 0.15) is 0 Å². The number of hydrogen-bond acceptors (Lipinski definition) is 4. The summed E-state index contributed by atoms with van der Waals surface area (Å²) in [6.45, 7) is 0. The Balaban J connectivity index is 2.26. The molecule has 0 aliphatic rings.